The van der Waals surface area contributed by atoms with E-state index in [0.717, 1.165) is 23.4 Å². The number of fused-ring (bicyclic) bond motifs is 2. The molecule has 3 nitrogen and oxygen atoms in total. The zero-order valence-electron chi connectivity index (χ0n) is 11.7. The summed E-state index contributed by atoms with van der Waals surface area (Å²) in [7, 11) is 0. The average molecular weight is 313 g/mol. The molecule has 3 aromatic heterocycles. The van der Waals surface area contributed by atoms with Crippen molar-refractivity contribution in [3.63, 3.8) is 0 Å². The van der Waals surface area contributed by atoms with Crippen molar-refractivity contribution in [3.05, 3.63) is 41.3 Å². The van der Waals surface area contributed by atoms with Gasteiger partial charge in [-0.15, -0.1) is 22.7 Å². The minimum atomic E-state index is 0.555. The number of nitrogens with zero attached hydrogens (tertiary/aromatic N) is 2. The van der Waals surface area contributed by atoms with Crippen LogP contribution in [0.5, 0.6) is 0 Å². The average Bonchev–Trinajstić information content (AvgIpc) is 3.17. The summed E-state index contributed by atoms with van der Waals surface area (Å²) in [5, 5.41) is 2.14. The Morgan fingerprint density at radius 3 is 2.86 bits per heavy atom. The first-order valence-corrected chi connectivity index (χ1v) is 8.66. The van der Waals surface area contributed by atoms with Gasteiger partial charge in [0.2, 0.25) is 0 Å². The van der Waals surface area contributed by atoms with Gasteiger partial charge in [-0.2, -0.15) is 0 Å². The first-order chi connectivity index (χ1) is 10.3. The van der Waals surface area contributed by atoms with Gasteiger partial charge in [0.15, 0.2) is 5.82 Å². The molecule has 0 amide bonds. The van der Waals surface area contributed by atoms with Crippen LogP contribution in [0, 0.1) is 0 Å². The van der Waals surface area contributed by atoms with Crippen molar-refractivity contribution in [1.82, 2.24) is 9.55 Å². The van der Waals surface area contributed by atoms with E-state index >= 15 is 0 Å². The number of imidazole rings is 1. The standard InChI is InChI=1S/C16H15N3S2/c1-2-19-12-4-3-10(9-17)7-11(12)18-16(19)15-8-14-13(21-15)5-6-20-14/h3-8H,2,9,17H2,1H3. The lowest BCUT2D eigenvalue weighted by atomic mass is 10.2. The Labute approximate surface area is 130 Å². The Hall–Kier alpha value is -1.69. The maximum Gasteiger partial charge on any atom is 0.151 e. The van der Waals surface area contributed by atoms with E-state index in [4.69, 9.17) is 10.7 Å². The molecule has 2 N–H and O–H groups in total. The summed E-state index contributed by atoms with van der Waals surface area (Å²) in [6.45, 7) is 3.63. The third kappa shape index (κ3) is 2.00. The number of benzene rings is 1. The molecule has 1 aromatic carbocycles. The van der Waals surface area contributed by atoms with Gasteiger partial charge in [-0.1, -0.05) is 6.07 Å². The molecule has 0 fully saturated rings. The fraction of sp³-hybridized carbons (Fsp3) is 0.188. The molecule has 0 aliphatic carbocycles. The van der Waals surface area contributed by atoms with E-state index in [1.54, 1.807) is 11.3 Å². The zero-order valence-corrected chi connectivity index (χ0v) is 13.3. The number of rotatable bonds is 3. The molecule has 21 heavy (non-hydrogen) atoms. The van der Waals surface area contributed by atoms with Crippen LogP contribution >= 0.6 is 22.7 Å². The molecule has 4 aromatic rings. The van der Waals surface area contributed by atoms with Crippen molar-refractivity contribution >= 4 is 43.1 Å². The van der Waals surface area contributed by atoms with Gasteiger partial charge in [0, 0.05) is 22.5 Å². The fourth-order valence-electron chi connectivity index (χ4n) is 2.69. The van der Waals surface area contributed by atoms with Crippen molar-refractivity contribution in [2.75, 3.05) is 0 Å². The highest BCUT2D eigenvalue weighted by Crippen LogP contribution is 2.37. The topological polar surface area (TPSA) is 43.8 Å². The van der Waals surface area contributed by atoms with Crippen LogP contribution in [0.3, 0.4) is 0 Å². The van der Waals surface area contributed by atoms with Gasteiger partial charge in [-0.25, -0.2) is 4.98 Å². The van der Waals surface area contributed by atoms with E-state index < -0.39 is 0 Å². The molecule has 0 saturated heterocycles. The summed E-state index contributed by atoms with van der Waals surface area (Å²) in [5.41, 5.74) is 9.08. The van der Waals surface area contributed by atoms with Crippen LogP contribution in [0.1, 0.15) is 12.5 Å². The highest BCUT2D eigenvalue weighted by molar-refractivity contribution is 7.28. The number of hydrogen-bond acceptors (Lipinski definition) is 4. The van der Waals surface area contributed by atoms with Gasteiger partial charge in [-0.3, -0.25) is 0 Å². The zero-order chi connectivity index (χ0) is 14.4. The molecule has 0 aliphatic rings. The van der Waals surface area contributed by atoms with Crippen molar-refractivity contribution < 1.29 is 0 Å². The molecule has 0 unspecified atom stereocenters. The van der Waals surface area contributed by atoms with Crippen LogP contribution in [0.4, 0.5) is 0 Å². The summed E-state index contributed by atoms with van der Waals surface area (Å²) < 4.78 is 4.96. The number of aromatic nitrogens is 2. The highest BCUT2D eigenvalue weighted by Gasteiger charge is 2.14. The van der Waals surface area contributed by atoms with Crippen LogP contribution in [-0.2, 0) is 13.1 Å². The van der Waals surface area contributed by atoms with Gasteiger partial charge in [0.1, 0.15) is 0 Å². The quantitative estimate of drug-likeness (QED) is 0.607. The summed E-state index contributed by atoms with van der Waals surface area (Å²) in [5.74, 6) is 1.06. The molecule has 106 valence electrons. The van der Waals surface area contributed by atoms with Crippen LogP contribution in [0.15, 0.2) is 35.7 Å². The number of thiophene rings is 2. The summed E-state index contributed by atoms with van der Waals surface area (Å²) in [4.78, 5) is 6.10. The predicted octanol–water partition coefficient (Wildman–Crippen LogP) is 4.46. The molecule has 0 bridgehead atoms. The summed E-state index contributed by atoms with van der Waals surface area (Å²) in [6, 6.07) is 10.8. The van der Waals surface area contributed by atoms with Crippen molar-refractivity contribution in [3.8, 4) is 10.7 Å². The maximum atomic E-state index is 5.74. The molecule has 3 heterocycles. The Bertz CT molecular complexity index is 901. The normalized spacial score (nSPS) is 11.7. The van der Waals surface area contributed by atoms with E-state index in [9.17, 15) is 0 Å². The lowest BCUT2D eigenvalue weighted by Gasteiger charge is -2.04. The molecule has 0 atom stereocenters. The molecule has 5 heteroatoms. The van der Waals surface area contributed by atoms with Crippen LogP contribution in [0.25, 0.3) is 31.1 Å². The monoisotopic (exact) mass is 313 g/mol. The first kappa shape index (κ1) is 13.0. The van der Waals surface area contributed by atoms with Gasteiger partial charge in [0.25, 0.3) is 0 Å². The molecule has 0 radical (unpaired) electrons. The van der Waals surface area contributed by atoms with Crippen LogP contribution in [0.2, 0.25) is 0 Å². The second kappa shape index (κ2) is 4.94. The molecule has 4 rings (SSSR count). The smallest absolute Gasteiger partial charge is 0.151 e. The third-order valence-electron chi connectivity index (χ3n) is 3.72. The van der Waals surface area contributed by atoms with Crippen molar-refractivity contribution in [2.24, 2.45) is 5.73 Å². The number of aryl methyl sites for hydroxylation is 1. The molecule has 0 saturated carbocycles. The van der Waals surface area contributed by atoms with E-state index in [2.05, 4.69) is 47.2 Å². The minimum Gasteiger partial charge on any atom is -0.326 e. The largest absolute Gasteiger partial charge is 0.326 e. The number of nitrogens with two attached hydrogens (primary N) is 1. The molecular weight excluding hydrogens is 298 g/mol. The number of hydrogen-bond donors (Lipinski definition) is 1. The SMILES string of the molecule is CCn1c(-c2cc3sccc3s2)nc2cc(CN)ccc21. The van der Waals surface area contributed by atoms with Gasteiger partial charge >= 0.3 is 0 Å². The van der Waals surface area contributed by atoms with E-state index in [1.165, 1.54) is 19.8 Å². The molecular formula is C16H15N3S2. The molecule has 0 aliphatic heterocycles. The van der Waals surface area contributed by atoms with E-state index in [0.29, 0.717) is 6.54 Å². The van der Waals surface area contributed by atoms with Crippen molar-refractivity contribution in [2.45, 2.75) is 20.0 Å². The van der Waals surface area contributed by atoms with Gasteiger partial charge in [0.05, 0.1) is 15.9 Å². The lowest BCUT2D eigenvalue weighted by molar-refractivity contribution is 0.798. The van der Waals surface area contributed by atoms with Crippen LogP contribution < -0.4 is 5.73 Å². The Morgan fingerprint density at radius 1 is 1.19 bits per heavy atom. The highest BCUT2D eigenvalue weighted by atomic mass is 32.1. The second-order valence-electron chi connectivity index (χ2n) is 4.97. The van der Waals surface area contributed by atoms with Crippen LogP contribution in [-0.4, -0.2) is 9.55 Å². The van der Waals surface area contributed by atoms with E-state index in [-0.39, 0.29) is 0 Å². The summed E-state index contributed by atoms with van der Waals surface area (Å²) in [6.07, 6.45) is 0. The second-order valence-corrected chi connectivity index (χ2v) is 7.00. The Kier molecular flexibility index (Phi) is 3.06. The molecule has 0 spiro atoms. The lowest BCUT2D eigenvalue weighted by Crippen LogP contribution is -1.97. The maximum absolute atomic E-state index is 5.74. The Morgan fingerprint density at radius 2 is 2.10 bits per heavy atom. The third-order valence-corrected chi connectivity index (χ3v) is 5.81. The van der Waals surface area contributed by atoms with Gasteiger partial charge < -0.3 is 10.3 Å². The Balaban J connectivity index is 1.96. The summed E-state index contributed by atoms with van der Waals surface area (Å²) >= 11 is 3.60. The van der Waals surface area contributed by atoms with Gasteiger partial charge in [-0.05, 0) is 42.1 Å². The first-order valence-electron chi connectivity index (χ1n) is 6.97. The van der Waals surface area contributed by atoms with Crippen molar-refractivity contribution in [1.29, 1.82) is 0 Å². The van der Waals surface area contributed by atoms with E-state index in [1.807, 2.05) is 11.3 Å². The minimum absolute atomic E-state index is 0.555. The predicted molar refractivity (Wildman–Crippen MR) is 92.0 cm³/mol. The fourth-order valence-corrected chi connectivity index (χ4v) is 4.79.